The van der Waals surface area contributed by atoms with Crippen LogP contribution in [0.4, 0.5) is 0 Å². The molecule has 1 fully saturated rings. The van der Waals surface area contributed by atoms with Crippen LogP contribution in [0.25, 0.3) is 0 Å². The van der Waals surface area contributed by atoms with E-state index in [4.69, 9.17) is 0 Å². The molecule has 0 aromatic carbocycles. The van der Waals surface area contributed by atoms with Crippen molar-refractivity contribution < 1.29 is 4.79 Å². The molecule has 1 atom stereocenters. The molecule has 0 radical (unpaired) electrons. The fraction of sp³-hybridized carbons (Fsp3) is 0.929. The highest BCUT2D eigenvalue weighted by atomic mass is 16.2. The molecule has 1 aliphatic rings. The van der Waals surface area contributed by atoms with Crippen molar-refractivity contribution in [1.29, 1.82) is 0 Å². The third kappa shape index (κ3) is 4.94. The van der Waals surface area contributed by atoms with Crippen molar-refractivity contribution in [2.24, 2.45) is 0 Å². The third-order valence-corrected chi connectivity index (χ3v) is 3.59. The number of carbonyl (C=O) groups is 1. The van der Waals surface area contributed by atoms with Crippen LogP contribution >= 0.6 is 0 Å². The summed E-state index contributed by atoms with van der Waals surface area (Å²) in [7, 11) is 1.92. The Labute approximate surface area is 112 Å². The van der Waals surface area contributed by atoms with Gasteiger partial charge in [-0.05, 0) is 46.7 Å². The maximum Gasteiger partial charge on any atom is 0.236 e. The molecular formula is C14H29N3O. The van der Waals surface area contributed by atoms with E-state index in [2.05, 4.69) is 37.9 Å². The van der Waals surface area contributed by atoms with Crippen LogP contribution < -0.4 is 5.32 Å². The molecule has 1 unspecified atom stereocenters. The second-order valence-corrected chi connectivity index (χ2v) is 6.30. The van der Waals surface area contributed by atoms with E-state index in [0.29, 0.717) is 12.6 Å². The van der Waals surface area contributed by atoms with Crippen LogP contribution in [0.2, 0.25) is 0 Å². The summed E-state index contributed by atoms with van der Waals surface area (Å²) in [5, 5.41) is 3.25. The minimum Gasteiger partial charge on any atom is -0.343 e. The normalized spacial score (nSPS) is 21.3. The quantitative estimate of drug-likeness (QED) is 0.805. The van der Waals surface area contributed by atoms with E-state index < -0.39 is 0 Å². The molecular weight excluding hydrogens is 226 g/mol. The van der Waals surface area contributed by atoms with Gasteiger partial charge in [-0.3, -0.25) is 9.69 Å². The van der Waals surface area contributed by atoms with E-state index in [1.54, 1.807) is 0 Å². The number of amides is 1. The predicted molar refractivity (Wildman–Crippen MR) is 75.7 cm³/mol. The Morgan fingerprint density at radius 1 is 1.44 bits per heavy atom. The van der Waals surface area contributed by atoms with Crippen LogP contribution in [0.1, 0.15) is 40.5 Å². The van der Waals surface area contributed by atoms with Gasteiger partial charge in [-0.1, -0.05) is 6.92 Å². The Morgan fingerprint density at radius 2 is 2.11 bits per heavy atom. The highest BCUT2D eigenvalue weighted by Crippen LogP contribution is 2.17. The second-order valence-electron chi connectivity index (χ2n) is 6.30. The number of nitrogens with zero attached hydrogens (tertiary/aromatic N) is 2. The SMILES string of the molecule is CCN1CCCC1CN(C)C(=O)CNC(C)(C)C. The van der Waals surface area contributed by atoms with Crippen LogP contribution in [-0.4, -0.2) is 60.5 Å². The Morgan fingerprint density at radius 3 is 2.67 bits per heavy atom. The van der Waals surface area contributed by atoms with E-state index in [9.17, 15) is 4.79 Å². The first kappa shape index (κ1) is 15.4. The zero-order valence-electron chi connectivity index (χ0n) is 12.6. The van der Waals surface area contributed by atoms with Crippen LogP contribution in [-0.2, 0) is 4.79 Å². The van der Waals surface area contributed by atoms with Crippen LogP contribution in [0.5, 0.6) is 0 Å². The monoisotopic (exact) mass is 255 g/mol. The molecule has 18 heavy (non-hydrogen) atoms. The first-order valence-electron chi connectivity index (χ1n) is 7.06. The molecule has 4 nitrogen and oxygen atoms in total. The largest absolute Gasteiger partial charge is 0.343 e. The molecule has 106 valence electrons. The molecule has 1 heterocycles. The smallest absolute Gasteiger partial charge is 0.236 e. The van der Waals surface area contributed by atoms with E-state index in [-0.39, 0.29) is 11.4 Å². The summed E-state index contributed by atoms with van der Waals surface area (Å²) in [6.07, 6.45) is 2.49. The summed E-state index contributed by atoms with van der Waals surface area (Å²) in [4.78, 5) is 16.4. The van der Waals surface area contributed by atoms with Gasteiger partial charge in [-0.25, -0.2) is 0 Å². The summed E-state index contributed by atoms with van der Waals surface area (Å²) in [6, 6.07) is 0.554. The van der Waals surface area contributed by atoms with Gasteiger partial charge in [0.15, 0.2) is 0 Å². The number of likely N-dealkylation sites (N-methyl/N-ethyl adjacent to an activating group) is 2. The zero-order chi connectivity index (χ0) is 13.8. The lowest BCUT2D eigenvalue weighted by Gasteiger charge is -2.29. The minimum atomic E-state index is -0.000682. The molecule has 0 aliphatic carbocycles. The van der Waals surface area contributed by atoms with Crippen molar-refractivity contribution in [3.05, 3.63) is 0 Å². The fourth-order valence-corrected chi connectivity index (χ4v) is 2.41. The Hall–Kier alpha value is -0.610. The van der Waals surface area contributed by atoms with Gasteiger partial charge in [0.25, 0.3) is 0 Å². The molecule has 0 aromatic rings. The lowest BCUT2D eigenvalue weighted by Crippen LogP contribution is -2.47. The lowest BCUT2D eigenvalue weighted by atomic mass is 10.1. The van der Waals surface area contributed by atoms with Crippen molar-refractivity contribution in [2.75, 3.05) is 33.2 Å². The maximum atomic E-state index is 12.0. The van der Waals surface area contributed by atoms with Crippen molar-refractivity contribution in [1.82, 2.24) is 15.1 Å². The Kier molecular flexibility index (Phi) is 5.60. The lowest BCUT2D eigenvalue weighted by molar-refractivity contribution is -0.129. The van der Waals surface area contributed by atoms with Crippen LogP contribution in [0, 0.1) is 0 Å². The molecule has 1 saturated heterocycles. The Bertz CT molecular complexity index is 273. The summed E-state index contributed by atoms with van der Waals surface area (Å²) in [5.41, 5.74) is -0.000682. The van der Waals surface area contributed by atoms with E-state index in [0.717, 1.165) is 13.1 Å². The van der Waals surface area contributed by atoms with Gasteiger partial charge < -0.3 is 10.2 Å². The molecule has 0 spiro atoms. The summed E-state index contributed by atoms with van der Waals surface area (Å²) >= 11 is 0. The van der Waals surface area contributed by atoms with Gasteiger partial charge in [0, 0.05) is 25.2 Å². The fourth-order valence-electron chi connectivity index (χ4n) is 2.41. The molecule has 1 amide bonds. The van der Waals surface area contributed by atoms with Crippen LogP contribution in [0.3, 0.4) is 0 Å². The molecule has 1 aliphatic heterocycles. The predicted octanol–water partition coefficient (Wildman–Crippen LogP) is 1.32. The van der Waals surface area contributed by atoms with E-state index in [1.165, 1.54) is 19.4 Å². The number of hydrogen-bond acceptors (Lipinski definition) is 3. The third-order valence-electron chi connectivity index (χ3n) is 3.59. The van der Waals surface area contributed by atoms with Crippen molar-refractivity contribution in [3.8, 4) is 0 Å². The van der Waals surface area contributed by atoms with Gasteiger partial charge >= 0.3 is 0 Å². The van der Waals surface area contributed by atoms with Crippen molar-refractivity contribution in [2.45, 2.75) is 52.1 Å². The molecule has 0 aromatic heterocycles. The molecule has 1 rings (SSSR count). The average molecular weight is 255 g/mol. The van der Waals surface area contributed by atoms with Gasteiger partial charge in [0.05, 0.1) is 6.54 Å². The highest BCUT2D eigenvalue weighted by molar-refractivity contribution is 5.78. The molecule has 1 N–H and O–H groups in total. The molecule has 0 saturated carbocycles. The number of hydrogen-bond donors (Lipinski definition) is 1. The number of rotatable bonds is 5. The van der Waals surface area contributed by atoms with Crippen molar-refractivity contribution >= 4 is 5.91 Å². The first-order chi connectivity index (χ1) is 8.33. The van der Waals surface area contributed by atoms with Gasteiger partial charge in [0.2, 0.25) is 5.91 Å². The highest BCUT2D eigenvalue weighted by Gasteiger charge is 2.25. The van der Waals surface area contributed by atoms with E-state index >= 15 is 0 Å². The average Bonchev–Trinajstić information content (AvgIpc) is 2.72. The molecule has 4 heteroatoms. The number of carbonyl (C=O) groups excluding carboxylic acids is 1. The van der Waals surface area contributed by atoms with Crippen LogP contribution in [0.15, 0.2) is 0 Å². The number of likely N-dealkylation sites (tertiary alicyclic amines) is 1. The minimum absolute atomic E-state index is 0.000682. The molecule has 0 bridgehead atoms. The van der Waals surface area contributed by atoms with E-state index in [1.807, 2.05) is 11.9 Å². The number of nitrogens with one attached hydrogen (secondary N) is 1. The van der Waals surface area contributed by atoms with Gasteiger partial charge in [-0.15, -0.1) is 0 Å². The Balaban J connectivity index is 2.35. The first-order valence-corrected chi connectivity index (χ1v) is 7.06. The van der Waals surface area contributed by atoms with Gasteiger partial charge in [-0.2, -0.15) is 0 Å². The second kappa shape index (κ2) is 6.53. The maximum absolute atomic E-state index is 12.0. The summed E-state index contributed by atoms with van der Waals surface area (Å²) in [5.74, 6) is 0.188. The van der Waals surface area contributed by atoms with Gasteiger partial charge in [0.1, 0.15) is 0 Å². The summed E-state index contributed by atoms with van der Waals surface area (Å²) in [6.45, 7) is 12.0. The zero-order valence-corrected chi connectivity index (χ0v) is 12.6. The summed E-state index contributed by atoms with van der Waals surface area (Å²) < 4.78 is 0. The topological polar surface area (TPSA) is 35.6 Å². The van der Waals surface area contributed by atoms with Crippen molar-refractivity contribution in [3.63, 3.8) is 0 Å². The standard InChI is InChI=1S/C14H29N3O/c1-6-17-9-7-8-12(17)11-16(5)13(18)10-15-14(2,3)4/h12,15H,6-11H2,1-5H3.